The molecule has 0 bridgehead atoms. The van der Waals surface area contributed by atoms with Gasteiger partial charge in [-0.1, -0.05) is 42.5 Å². The minimum absolute atomic E-state index is 0.180. The summed E-state index contributed by atoms with van der Waals surface area (Å²) in [6.07, 6.45) is 0. The van der Waals surface area contributed by atoms with Crippen molar-refractivity contribution in [1.82, 2.24) is 9.62 Å². The van der Waals surface area contributed by atoms with Crippen molar-refractivity contribution in [2.75, 3.05) is 32.8 Å². The van der Waals surface area contributed by atoms with E-state index in [0.717, 1.165) is 35.7 Å². The lowest BCUT2D eigenvalue weighted by atomic mass is 10.1. The summed E-state index contributed by atoms with van der Waals surface area (Å²) >= 11 is 0. The molecule has 1 saturated heterocycles. The van der Waals surface area contributed by atoms with Gasteiger partial charge >= 0.3 is 0 Å². The third kappa shape index (κ3) is 4.82. The van der Waals surface area contributed by atoms with E-state index < -0.39 is 10.0 Å². The van der Waals surface area contributed by atoms with Gasteiger partial charge in [-0.15, -0.1) is 0 Å². The van der Waals surface area contributed by atoms with E-state index in [1.165, 1.54) is 0 Å². The second kappa shape index (κ2) is 9.14. The number of sulfonamides is 1. The lowest BCUT2D eigenvalue weighted by molar-refractivity contribution is 0.0127. The smallest absolute Gasteiger partial charge is 0.240 e. The monoisotopic (exact) mass is 426 g/mol. The number of hydrogen-bond acceptors (Lipinski definition) is 5. The van der Waals surface area contributed by atoms with Crippen LogP contribution >= 0.6 is 0 Å². The molecule has 1 unspecified atom stereocenters. The Morgan fingerprint density at radius 3 is 2.23 bits per heavy atom. The minimum Gasteiger partial charge on any atom is -0.465 e. The summed E-state index contributed by atoms with van der Waals surface area (Å²) in [5.41, 5.74) is 2.03. The SMILES string of the molecule is Cc1ccc(C(CNS(=O)(=O)c2ccc(-c3ccccc3)cc2)N2CCOCC2)o1. The second-order valence-electron chi connectivity index (χ2n) is 7.35. The number of rotatable bonds is 7. The molecule has 0 saturated carbocycles. The molecule has 2 aromatic carbocycles. The number of nitrogens with zero attached hydrogens (tertiary/aromatic N) is 1. The first-order valence-electron chi connectivity index (χ1n) is 10.1. The van der Waals surface area contributed by atoms with Crippen LogP contribution in [-0.4, -0.2) is 46.2 Å². The van der Waals surface area contributed by atoms with Crippen LogP contribution in [0.25, 0.3) is 11.1 Å². The van der Waals surface area contributed by atoms with Crippen LogP contribution in [0.3, 0.4) is 0 Å². The van der Waals surface area contributed by atoms with Gasteiger partial charge in [-0.2, -0.15) is 0 Å². The Hall–Kier alpha value is -2.45. The van der Waals surface area contributed by atoms with E-state index >= 15 is 0 Å². The van der Waals surface area contributed by atoms with Crippen molar-refractivity contribution in [1.29, 1.82) is 0 Å². The molecule has 1 atom stereocenters. The summed E-state index contributed by atoms with van der Waals surface area (Å²) in [6.45, 7) is 4.84. The fourth-order valence-electron chi connectivity index (χ4n) is 3.66. The normalized spacial score (nSPS) is 16.4. The molecule has 158 valence electrons. The highest BCUT2D eigenvalue weighted by Gasteiger charge is 2.27. The van der Waals surface area contributed by atoms with Crippen molar-refractivity contribution in [3.63, 3.8) is 0 Å². The maximum Gasteiger partial charge on any atom is 0.240 e. The third-order valence-corrected chi connectivity index (χ3v) is 6.75. The first-order chi connectivity index (χ1) is 14.5. The molecule has 3 aromatic rings. The highest BCUT2D eigenvalue weighted by molar-refractivity contribution is 7.89. The van der Waals surface area contributed by atoms with Crippen LogP contribution in [0.4, 0.5) is 0 Å². The van der Waals surface area contributed by atoms with Gasteiger partial charge in [0.15, 0.2) is 0 Å². The van der Waals surface area contributed by atoms with Crippen molar-refractivity contribution >= 4 is 10.0 Å². The highest BCUT2D eigenvalue weighted by atomic mass is 32.2. The number of hydrogen-bond donors (Lipinski definition) is 1. The number of benzene rings is 2. The van der Waals surface area contributed by atoms with Crippen LogP contribution in [0.15, 0.2) is 76.0 Å². The van der Waals surface area contributed by atoms with Gasteiger partial charge in [0.05, 0.1) is 24.2 Å². The van der Waals surface area contributed by atoms with Crippen molar-refractivity contribution in [3.05, 3.63) is 78.3 Å². The molecule has 1 aliphatic heterocycles. The molecule has 1 fully saturated rings. The standard InChI is InChI=1S/C23H26N2O4S/c1-18-7-12-23(29-18)22(25-13-15-28-16-14-25)17-24-30(26,27)21-10-8-20(9-11-21)19-5-3-2-4-6-19/h2-12,22,24H,13-17H2,1H3. The van der Waals surface area contributed by atoms with Crippen LogP contribution in [0.2, 0.25) is 0 Å². The van der Waals surface area contributed by atoms with E-state index in [1.807, 2.05) is 61.5 Å². The van der Waals surface area contributed by atoms with Crippen LogP contribution in [0.5, 0.6) is 0 Å². The predicted octanol–water partition coefficient (Wildman–Crippen LogP) is 3.61. The quantitative estimate of drug-likeness (QED) is 0.625. The number of morpholine rings is 1. The zero-order valence-electron chi connectivity index (χ0n) is 17.0. The lowest BCUT2D eigenvalue weighted by Crippen LogP contribution is -2.43. The Bertz CT molecular complexity index is 1060. The fraction of sp³-hybridized carbons (Fsp3) is 0.304. The van der Waals surface area contributed by atoms with E-state index in [1.54, 1.807) is 12.1 Å². The summed E-state index contributed by atoms with van der Waals surface area (Å²) in [7, 11) is -3.64. The Labute approximate surface area is 177 Å². The predicted molar refractivity (Wildman–Crippen MR) is 116 cm³/mol. The van der Waals surface area contributed by atoms with Crippen molar-refractivity contribution in [2.45, 2.75) is 17.9 Å². The van der Waals surface area contributed by atoms with E-state index in [4.69, 9.17) is 9.15 Å². The van der Waals surface area contributed by atoms with Crippen molar-refractivity contribution < 1.29 is 17.6 Å². The molecular formula is C23H26N2O4S. The van der Waals surface area contributed by atoms with Crippen LogP contribution in [0.1, 0.15) is 17.6 Å². The average molecular weight is 427 g/mol. The summed E-state index contributed by atoms with van der Waals surface area (Å²) in [6, 6.07) is 20.5. The molecule has 1 aromatic heterocycles. The third-order valence-electron chi connectivity index (χ3n) is 5.31. The van der Waals surface area contributed by atoms with Gasteiger partial charge in [0.25, 0.3) is 0 Å². The lowest BCUT2D eigenvalue weighted by Gasteiger charge is -2.33. The van der Waals surface area contributed by atoms with E-state index in [0.29, 0.717) is 13.2 Å². The Morgan fingerprint density at radius 2 is 1.60 bits per heavy atom. The molecule has 30 heavy (non-hydrogen) atoms. The van der Waals surface area contributed by atoms with Crippen LogP contribution < -0.4 is 4.72 Å². The van der Waals surface area contributed by atoms with Gasteiger partial charge in [-0.05, 0) is 42.3 Å². The first-order valence-corrected chi connectivity index (χ1v) is 11.5. The van der Waals surface area contributed by atoms with E-state index in [9.17, 15) is 8.42 Å². The van der Waals surface area contributed by atoms with Gasteiger partial charge in [0, 0.05) is 19.6 Å². The van der Waals surface area contributed by atoms with Gasteiger partial charge in [0.1, 0.15) is 11.5 Å². The van der Waals surface area contributed by atoms with Crippen molar-refractivity contribution in [3.8, 4) is 11.1 Å². The van der Waals surface area contributed by atoms with E-state index in [2.05, 4.69) is 9.62 Å². The Balaban J connectivity index is 1.49. The zero-order chi connectivity index (χ0) is 21.0. The van der Waals surface area contributed by atoms with Crippen LogP contribution in [0, 0.1) is 6.92 Å². The summed E-state index contributed by atoms with van der Waals surface area (Å²) < 4.78 is 39.9. The Kier molecular flexibility index (Phi) is 6.34. The maximum absolute atomic E-state index is 12.9. The summed E-state index contributed by atoms with van der Waals surface area (Å²) in [4.78, 5) is 2.45. The molecule has 0 spiro atoms. The Morgan fingerprint density at radius 1 is 0.933 bits per heavy atom. The topological polar surface area (TPSA) is 71.8 Å². The van der Waals surface area contributed by atoms with E-state index in [-0.39, 0.29) is 17.5 Å². The van der Waals surface area contributed by atoms with Gasteiger partial charge in [0.2, 0.25) is 10.0 Å². The van der Waals surface area contributed by atoms with Gasteiger partial charge in [-0.3, -0.25) is 4.90 Å². The molecule has 4 rings (SSSR count). The molecule has 7 heteroatoms. The number of nitrogens with one attached hydrogen (secondary N) is 1. The van der Waals surface area contributed by atoms with Crippen LogP contribution in [-0.2, 0) is 14.8 Å². The molecule has 0 radical (unpaired) electrons. The minimum atomic E-state index is -3.64. The molecule has 0 aliphatic carbocycles. The zero-order valence-corrected chi connectivity index (χ0v) is 17.8. The summed E-state index contributed by atoms with van der Waals surface area (Å²) in [5, 5.41) is 0. The second-order valence-corrected chi connectivity index (χ2v) is 9.12. The molecule has 2 heterocycles. The molecule has 6 nitrogen and oxygen atoms in total. The summed E-state index contributed by atoms with van der Waals surface area (Å²) in [5.74, 6) is 1.57. The highest BCUT2D eigenvalue weighted by Crippen LogP contribution is 2.25. The number of aryl methyl sites for hydroxylation is 1. The first kappa shape index (κ1) is 20.8. The molecule has 1 aliphatic rings. The van der Waals surface area contributed by atoms with Gasteiger partial charge in [-0.25, -0.2) is 13.1 Å². The fourth-order valence-corrected chi connectivity index (χ4v) is 4.70. The number of ether oxygens (including phenoxy) is 1. The number of furan rings is 1. The average Bonchev–Trinajstić information content (AvgIpc) is 3.21. The maximum atomic E-state index is 12.9. The molecule has 1 N–H and O–H groups in total. The van der Waals surface area contributed by atoms with Gasteiger partial charge < -0.3 is 9.15 Å². The largest absolute Gasteiger partial charge is 0.465 e. The van der Waals surface area contributed by atoms with Crippen molar-refractivity contribution in [2.24, 2.45) is 0 Å². The molecule has 0 amide bonds. The molecular weight excluding hydrogens is 400 g/mol.